The third kappa shape index (κ3) is 3.19. The molecule has 0 saturated heterocycles. The Morgan fingerprint density at radius 1 is 1.22 bits per heavy atom. The van der Waals surface area contributed by atoms with Crippen LogP contribution in [0, 0.1) is 6.92 Å². The maximum Gasteiger partial charge on any atom is 0.254 e. The van der Waals surface area contributed by atoms with Gasteiger partial charge >= 0.3 is 0 Å². The van der Waals surface area contributed by atoms with Crippen molar-refractivity contribution in [1.82, 2.24) is 9.97 Å². The molecule has 0 amide bonds. The van der Waals surface area contributed by atoms with Gasteiger partial charge in [-0.1, -0.05) is 13.8 Å². The maximum atomic E-state index is 11.9. The second kappa shape index (κ2) is 5.22. The summed E-state index contributed by atoms with van der Waals surface area (Å²) in [5.74, 6) is 0.0617. The highest BCUT2D eigenvalue weighted by atomic mass is 32.2. The molecule has 6 heteroatoms. The van der Waals surface area contributed by atoms with Gasteiger partial charge in [-0.2, -0.15) is 0 Å². The monoisotopic (exact) mass is 272 g/mol. The smallest absolute Gasteiger partial charge is 0.254 e. The molecule has 0 aliphatic carbocycles. The number of aryl methyl sites for hydroxylation is 1. The first-order valence-electron chi connectivity index (χ1n) is 5.96. The van der Waals surface area contributed by atoms with Gasteiger partial charge < -0.3 is 4.98 Å². The summed E-state index contributed by atoms with van der Waals surface area (Å²) in [5, 5.41) is -0.479. The Kier molecular flexibility index (Phi) is 4.32. The van der Waals surface area contributed by atoms with Crippen LogP contribution in [-0.4, -0.2) is 23.6 Å². The van der Waals surface area contributed by atoms with Crippen LogP contribution in [0.2, 0.25) is 0 Å². The zero-order chi connectivity index (χ0) is 14.1. The lowest BCUT2D eigenvalue weighted by atomic mass is 10.0. The Morgan fingerprint density at radius 2 is 1.78 bits per heavy atom. The number of hydrogen-bond donors (Lipinski definition) is 1. The predicted molar refractivity (Wildman–Crippen MR) is 71.4 cm³/mol. The van der Waals surface area contributed by atoms with E-state index in [1.165, 1.54) is 0 Å². The van der Waals surface area contributed by atoms with Gasteiger partial charge in [-0.3, -0.25) is 4.79 Å². The van der Waals surface area contributed by atoms with Crippen LogP contribution in [0.25, 0.3) is 0 Å². The zero-order valence-corrected chi connectivity index (χ0v) is 12.3. The van der Waals surface area contributed by atoms with Gasteiger partial charge in [0.2, 0.25) is 0 Å². The molecule has 0 aliphatic heterocycles. The Bertz CT molecular complexity index is 586. The van der Waals surface area contributed by atoms with Gasteiger partial charge in [-0.25, -0.2) is 13.4 Å². The molecule has 1 heterocycles. The Morgan fingerprint density at radius 3 is 2.17 bits per heavy atom. The molecule has 0 fully saturated rings. The molecular formula is C12H20N2O3S. The van der Waals surface area contributed by atoms with Crippen molar-refractivity contribution in [3.8, 4) is 0 Å². The highest BCUT2D eigenvalue weighted by molar-refractivity contribution is 7.91. The standard InChI is InChI=1S/C12H20N2O3S/c1-7(2)11-9(5)13-10(14-12(11)15)6-18(16,17)8(3)4/h7-8H,6H2,1-5H3,(H,13,14,15). The van der Waals surface area contributed by atoms with Crippen molar-refractivity contribution >= 4 is 9.84 Å². The van der Waals surface area contributed by atoms with Crippen molar-refractivity contribution in [3.63, 3.8) is 0 Å². The molecule has 0 aromatic carbocycles. The summed E-state index contributed by atoms with van der Waals surface area (Å²) in [6, 6.07) is 0. The number of sulfone groups is 1. The van der Waals surface area contributed by atoms with Crippen molar-refractivity contribution in [2.75, 3.05) is 0 Å². The summed E-state index contributed by atoms with van der Waals surface area (Å²) in [5.41, 5.74) is 0.967. The average molecular weight is 272 g/mol. The van der Waals surface area contributed by atoms with E-state index in [0.29, 0.717) is 11.3 Å². The Balaban J connectivity index is 3.21. The fourth-order valence-corrected chi connectivity index (χ4v) is 2.61. The molecular weight excluding hydrogens is 252 g/mol. The van der Waals surface area contributed by atoms with Crippen molar-refractivity contribution in [2.45, 2.75) is 51.5 Å². The molecule has 0 bridgehead atoms. The summed E-state index contributed by atoms with van der Waals surface area (Å²) in [7, 11) is -3.25. The van der Waals surface area contributed by atoms with E-state index in [0.717, 1.165) is 0 Å². The molecule has 0 spiro atoms. The summed E-state index contributed by atoms with van der Waals surface area (Å²) in [6.45, 7) is 8.77. The number of rotatable bonds is 4. The lowest BCUT2D eigenvalue weighted by molar-refractivity contribution is 0.584. The summed E-state index contributed by atoms with van der Waals surface area (Å²) in [4.78, 5) is 18.6. The van der Waals surface area contributed by atoms with Gasteiger partial charge in [0.25, 0.3) is 5.56 Å². The number of nitrogens with one attached hydrogen (secondary N) is 1. The number of aromatic nitrogens is 2. The van der Waals surface area contributed by atoms with Crippen LogP contribution in [0.5, 0.6) is 0 Å². The number of aromatic amines is 1. The van der Waals surface area contributed by atoms with Crippen LogP contribution < -0.4 is 5.56 Å². The molecule has 1 aromatic rings. The lowest BCUT2D eigenvalue weighted by Crippen LogP contribution is -2.24. The molecule has 1 aromatic heterocycles. The predicted octanol–water partition coefficient (Wildman–Crippen LogP) is 1.52. The van der Waals surface area contributed by atoms with Gasteiger partial charge in [0, 0.05) is 11.3 Å². The second-order valence-corrected chi connectivity index (χ2v) is 7.58. The first kappa shape index (κ1) is 14.9. The molecule has 0 saturated carbocycles. The molecule has 0 unspecified atom stereocenters. The zero-order valence-electron chi connectivity index (χ0n) is 11.4. The highest BCUT2D eigenvalue weighted by Crippen LogP contribution is 2.13. The maximum absolute atomic E-state index is 11.9. The molecule has 18 heavy (non-hydrogen) atoms. The fraction of sp³-hybridized carbons (Fsp3) is 0.667. The normalized spacial score (nSPS) is 12.4. The van der Waals surface area contributed by atoms with Crippen LogP contribution in [0.1, 0.15) is 50.7 Å². The van der Waals surface area contributed by atoms with Crippen LogP contribution in [0.15, 0.2) is 4.79 Å². The minimum Gasteiger partial charge on any atom is -0.309 e. The largest absolute Gasteiger partial charge is 0.309 e. The van der Waals surface area contributed by atoms with E-state index in [9.17, 15) is 13.2 Å². The Hall–Kier alpha value is -1.17. The third-order valence-corrected chi connectivity index (χ3v) is 4.94. The van der Waals surface area contributed by atoms with E-state index < -0.39 is 15.1 Å². The molecule has 102 valence electrons. The molecule has 1 rings (SSSR count). The third-order valence-electron chi connectivity index (χ3n) is 2.83. The highest BCUT2D eigenvalue weighted by Gasteiger charge is 2.20. The van der Waals surface area contributed by atoms with Crippen molar-refractivity contribution in [1.29, 1.82) is 0 Å². The van der Waals surface area contributed by atoms with Gasteiger partial charge in [-0.15, -0.1) is 0 Å². The Labute approximate surface area is 108 Å². The van der Waals surface area contributed by atoms with Crippen molar-refractivity contribution in [3.05, 3.63) is 27.4 Å². The second-order valence-electron chi connectivity index (χ2n) is 5.02. The van der Waals surface area contributed by atoms with Gasteiger partial charge in [0.15, 0.2) is 9.84 Å². The average Bonchev–Trinajstić information content (AvgIpc) is 2.13. The molecule has 0 atom stereocenters. The van der Waals surface area contributed by atoms with E-state index in [1.54, 1.807) is 20.8 Å². The van der Waals surface area contributed by atoms with E-state index in [1.807, 2.05) is 13.8 Å². The number of nitrogens with zero attached hydrogens (tertiary/aromatic N) is 1. The number of H-pyrrole nitrogens is 1. The van der Waals surface area contributed by atoms with Gasteiger partial charge in [-0.05, 0) is 26.7 Å². The van der Waals surface area contributed by atoms with Crippen LogP contribution in [0.4, 0.5) is 0 Å². The van der Waals surface area contributed by atoms with Gasteiger partial charge in [0.1, 0.15) is 11.6 Å². The van der Waals surface area contributed by atoms with Crippen LogP contribution in [-0.2, 0) is 15.6 Å². The van der Waals surface area contributed by atoms with E-state index >= 15 is 0 Å². The van der Waals surface area contributed by atoms with Crippen LogP contribution >= 0.6 is 0 Å². The summed E-state index contributed by atoms with van der Waals surface area (Å²) in [6.07, 6.45) is 0. The summed E-state index contributed by atoms with van der Waals surface area (Å²) >= 11 is 0. The van der Waals surface area contributed by atoms with Crippen LogP contribution in [0.3, 0.4) is 0 Å². The van der Waals surface area contributed by atoms with Crippen molar-refractivity contribution in [2.24, 2.45) is 0 Å². The van der Waals surface area contributed by atoms with E-state index in [4.69, 9.17) is 0 Å². The molecule has 5 nitrogen and oxygen atoms in total. The van der Waals surface area contributed by atoms with E-state index in [2.05, 4.69) is 9.97 Å². The summed E-state index contributed by atoms with van der Waals surface area (Å²) < 4.78 is 23.6. The topological polar surface area (TPSA) is 79.9 Å². The fourth-order valence-electron chi connectivity index (χ4n) is 1.76. The van der Waals surface area contributed by atoms with E-state index in [-0.39, 0.29) is 23.1 Å². The quantitative estimate of drug-likeness (QED) is 0.901. The minimum atomic E-state index is -3.25. The first-order valence-corrected chi connectivity index (χ1v) is 7.68. The SMILES string of the molecule is Cc1nc(CS(=O)(=O)C(C)C)[nH]c(=O)c1C(C)C. The molecule has 0 radical (unpaired) electrons. The minimum absolute atomic E-state index is 0.0667. The molecule has 1 N–H and O–H groups in total. The molecule has 0 aliphatic rings. The first-order chi connectivity index (χ1) is 8.15. The van der Waals surface area contributed by atoms with Crippen molar-refractivity contribution < 1.29 is 8.42 Å². The number of hydrogen-bond acceptors (Lipinski definition) is 4. The van der Waals surface area contributed by atoms with Gasteiger partial charge in [0.05, 0.1) is 5.25 Å². The lowest BCUT2D eigenvalue weighted by Gasteiger charge is -2.11.